The van der Waals surface area contributed by atoms with Gasteiger partial charge >= 0.3 is 6.36 Å². The van der Waals surface area contributed by atoms with Gasteiger partial charge in [0.2, 0.25) is 0 Å². The Hall–Kier alpha value is -1.49. The first-order valence-corrected chi connectivity index (χ1v) is 5.79. The van der Waals surface area contributed by atoms with Crippen molar-refractivity contribution in [1.82, 2.24) is 5.32 Å². The van der Waals surface area contributed by atoms with E-state index in [0.29, 0.717) is 6.04 Å². The summed E-state index contributed by atoms with van der Waals surface area (Å²) < 4.78 is 39.6. The van der Waals surface area contributed by atoms with Gasteiger partial charge in [-0.1, -0.05) is 24.3 Å². The first-order chi connectivity index (χ1) is 8.53. The Morgan fingerprint density at radius 3 is 2.44 bits per heavy atom. The summed E-state index contributed by atoms with van der Waals surface area (Å²) in [6, 6.07) is 6.45. The zero-order valence-corrected chi connectivity index (χ0v) is 9.70. The maximum atomic E-state index is 11.9. The van der Waals surface area contributed by atoms with E-state index in [-0.39, 0.29) is 5.75 Å². The van der Waals surface area contributed by atoms with Crippen molar-refractivity contribution in [3.05, 3.63) is 35.9 Å². The number of rotatable bonds is 5. The summed E-state index contributed by atoms with van der Waals surface area (Å²) in [7, 11) is 0. The Kier molecular flexibility index (Phi) is 3.91. The average Bonchev–Trinajstić information content (AvgIpc) is 3.08. The molecule has 2 rings (SSSR count). The van der Waals surface area contributed by atoms with Crippen LogP contribution in [0.15, 0.2) is 30.3 Å². The third-order valence-electron chi connectivity index (χ3n) is 2.53. The number of hydrogen-bond donors (Lipinski definition) is 1. The summed E-state index contributed by atoms with van der Waals surface area (Å²) in [5, 5.41) is 3.31. The van der Waals surface area contributed by atoms with E-state index in [0.717, 1.165) is 12.1 Å². The van der Waals surface area contributed by atoms with Gasteiger partial charge in [-0.25, -0.2) is 0 Å². The number of ether oxygens (including phenoxy) is 1. The molecule has 0 bridgehead atoms. The average molecular weight is 257 g/mol. The molecule has 0 atom stereocenters. The van der Waals surface area contributed by atoms with Crippen LogP contribution in [0, 0.1) is 0 Å². The lowest BCUT2D eigenvalue weighted by atomic mass is 10.2. The summed E-state index contributed by atoms with van der Waals surface area (Å²) >= 11 is 0. The Bertz CT molecular complexity index is 407. The van der Waals surface area contributed by atoms with Crippen LogP contribution < -0.4 is 10.1 Å². The molecule has 1 fully saturated rings. The van der Waals surface area contributed by atoms with Gasteiger partial charge in [-0.2, -0.15) is 0 Å². The summed E-state index contributed by atoms with van der Waals surface area (Å²) in [6.45, 7) is 0.783. The molecule has 1 aromatic carbocycles. The third-order valence-corrected chi connectivity index (χ3v) is 2.53. The Balaban J connectivity index is 1.82. The molecule has 0 aliphatic heterocycles. The van der Waals surface area contributed by atoms with E-state index in [2.05, 4.69) is 10.1 Å². The highest BCUT2D eigenvalue weighted by Crippen LogP contribution is 2.23. The molecular weight excluding hydrogens is 243 g/mol. The van der Waals surface area contributed by atoms with Crippen molar-refractivity contribution >= 4 is 6.08 Å². The van der Waals surface area contributed by atoms with Crippen LogP contribution in [-0.2, 0) is 0 Å². The van der Waals surface area contributed by atoms with E-state index >= 15 is 0 Å². The summed E-state index contributed by atoms with van der Waals surface area (Å²) in [5.74, 6) is -0.198. The van der Waals surface area contributed by atoms with E-state index in [1.165, 1.54) is 25.0 Å². The monoisotopic (exact) mass is 257 g/mol. The molecule has 1 aliphatic rings. The summed E-state index contributed by atoms with van der Waals surface area (Å²) in [6.07, 6.45) is 1.66. The number of hydrogen-bond acceptors (Lipinski definition) is 2. The Morgan fingerprint density at radius 2 is 1.89 bits per heavy atom. The molecule has 0 aromatic heterocycles. The van der Waals surface area contributed by atoms with E-state index in [1.807, 2.05) is 12.2 Å². The molecule has 0 unspecified atom stereocenters. The lowest BCUT2D eigenvalue weighted by Crippen LogP contribution is -2.16. The van der Waals surface area contributed by atoms with Crippen molar-refractivity contribution in [2.75, 3.05) is 6.54 Å². The second-order valence-corrected chi connectivity index (χ2v) is 4.20. The zero-order valence-electron chi connectivity index (χ0n) is 9.70. The SMILES string of the molecule is FC(F)(F)Oc1ccc(C=CCNC2CC2)cc1. The van der Waals surface area contributed by atoms with Crippen molar-refractivity contribution in [2.45, 2.75) is 25.2 Å². The fraction of sp³-hybridized carbons (Fsp3) is 0.385. The van der Waals surface area contributed by atoms with Gasteiger partial charge in [-0.3, -0.25) is 0 Å². The highest BCUT2D eigenvalue weighted by atomic mass is 19.4. The van der Waals surface area contributed by atoms with Gasteiger partial charge in [-0.15, -0.1) is 13.2 Å². The lowest BCUT2D eigenvalue weighted by Gasteiger charge is -2.08. The van der Waals surface area contributed by atoms with Gasteiger partial charge in [-0.05, 0) is 30.5 Å². The van der Waals surface area contributed by atoms with Gasteiger partial charge < -0.3 is 10.1 Å². The van der Waals surface area contributed by atoms with E-state index < -0.39 is 6.36 Å². The standard InChI is InChI=1S/C13H14F3NO/c14-13(15,16)18-12-7-3-10(4-8-12)2-1-9-17-11-5-6-11/h1-4,7-8,11,17H,5-6,9H2. The molecule has 0 saturated heterocycles. The minimum absolute atomic E-state index is 0.198. The fourth-order valence-electron chi connectivity index (χ4n) is 1.50. The van der Waals surface area contributed by atoms with Crippen molar-refractivity contribution in [3.8, 4) is 5.75 Å². The highest BCUT2D eigenvalue weighted by molar-refractivity contribution is 5.50. The molecule has 5 heteroatoms. The molecule has 98 valence electrons. The number of alkyl halides is 3. The minimum Gasteiger partial charge on any atom is -0.406 e. The first kappa shape index (κ1) is 13.0. The molecule has 1 aliphatic carbocycles. The van der Waals surface area contributed by atoms with Crippen LogP contribution in [0.3, 0.4) is 0 Å². The van der Waals surface area contributed by atoms with Crippen molar-refractivity contribution in [1.29, 1.82) is 0 Å². The molecule has 1 aromatic rings. The molecular formula is C13H14F3NO. The predicted octanol–water partition coefficient (Wildman–Crippen LogP) is 3.35. The van der Waals surface area contributed by atoms with Gasteiger partial charge in [0.1, 0.15) is 5.75 Å². The second-order valence-electron chi connectivity index (χ2n) is 4.20. The highest BCUT2D eigenvalue weighted by Gasteiger charge is 2.30. The summed E-state index contributed by atoms with van der Waals surface area (Å²) in [4.78, 5) is 0. The molecule has 2 nitrogen and oxygen atoms in total. The molecule has 0 heterocycles. The van der Waals surface area contributed by atoms with Crippen molar-refractivity contribution in [3.63, 3.8) is 0 Å². The first-order valence-electron chi connectivity index (χ1n) is 5.79. The number of halogens is 3. The zero-order chi connectivity index (χ0) is 13.0. The number of benzene rings is 1. The van der Waals surface area contributed by atoms with Gasteiger partial charge in [0.25, 0.3) is 0 Å². The minimum atomic E-state index is -4.63. The van der Waals surface area contributed by atoms with Crippen LogP contribution in [0.1, 0.15) is 18.4 Å². The van der Waals surface area contributed by atoms with E-state index in [1.54, 1.807) is 12.1 Å². The Morgan fingerprint density at radius 1 is 1.22 bits per heavy atom. The number of nitrogens with one attached hydrogen (secondary N) is 1. The topological polar surface area (TPSA) is 21.3 Å². The predicted molar refractivity (Wildman–Crippen MR) is 63.2 cm³/mol. The maximum absolute atomic E-state index is 11.9. The van der Waals surface area contributed by atoms with Crippen LogP contribution in [-0.4, -0.2) is 18.9 Å². The fourth-order valence-corrected chi connectivity index (χ4v) is 1.50. The van der Waals surface area contributed by atoms with Gasteiger partial charge in [0.15, 0.2) is 0 Å². The molecule has 0 radical (unpaired) electrons. The van der Waals surface area contributed by atoms with Crippen LogP contribution in [0.5, 0.6) is 5.75 Å². The van der Waals surface area contributed by atoms with Crippen LogP contribution in [0.4, 0.5) is 13.2 Å². The second kappa shape index (κ2) is 5.44. The largest absolute Gasteiger partial charge is 0.573 e. The third kappa shape index (κ3) is 4.79. The Labute approximate surface area is 103 Å². The van der Waals surface area contributed by atoms with Crippen LogP contribution in [0.25, 0.3) is 6.08 Å². The molecule has 0 amide bonds. The van der Waals surface area contributed by atoms with Crippen LogP contribution >= 0.6 is 0 Å². The van der Waals surface area contributed by atoms with Gasteiger partial charge in [0.05, 0.1) is 0 Å². The molecule has 1 N–H and O–H groups in total. The summed E-state index contributed by atoms with van der Waals surface area (Å²) in [5.41, 5.74) is 0.849. The quantitative estimate of drug-likeness (QED) is 0.873. The molecule has 1 saturated carbocycles. The van der Waals surface area contributed by atoms with E-state index in [4.69, 9.17) is 0 Å². The lowest BCUT2D eigenvalue weighted by molar-refractivity contribution is -0.274. The normalized spacial score (nSPS) is 16.2. The van der Waals surface area contributed by atoms with Gasteiger partial charge in [0, 0.05) is 12.6 Å². The van der Waals surface area contributed by atoms with E-state index in [9.17, 15) is 13.2 Å². The van der Waals surface area contributed by atoms with Crippen molar-refractivity contribution < 1.29 is 17.9 Å². The molecule has 18 heavy (non-hydrogen) atoms. The maximum Gasteiger partial charge on any atom is 0.573 e. The molecule has 0 spiro atoms. The van der Waals surface area contributed by atoms with Crippen molar-refractivity contribution in [2.24, 2.45) is 0 Å². The smallest absolute Gasteiger partial charge is 0.406 e. The van der Waals surface area contributed by atoms with Crippen LogP contribution in [0.2, 0.25) is 0 Å².